The lowest BCUT2D eigenvalue weighted by Crippen LogP contribution is -2.11. The second-order valence-corrected chi connectivity index (χ2v) is 3.56. The maximum absolute atomic E-state index is 13.1. The summed E-state index contributed by atoms with van der Waals surface area (Å²) in [5.41, 5.74) is 1.50. The van der Waals surface area contributed by atoms with E-state index >= 15 is 0 Å². The number of aromatic nitrogens is 1. The number of halogens is 1. The number of benzene rings is 1. The van der Waals surface area contributed by atoms with E-state index in [9.17, 15) is 9.18 Å². The summed E-state index contributed by atoms with van der Waals surface area (Å²) in [5.74, 6) is 0.0752. The molecule has 1 aromatic carbocycles. The standard InChI is InChI=1S/C13H11FN2O2/c1-18-13(17)16-12-6-5-10(8-15-12)9-3-2-4-11(14)7-9/h2-8H,1H3,(H,15,16,17). The number of pyridine rings is 1. The van der Waals surface area contributed by atoms with Gasteiger partial charge in [-0.05, 0) is 29.8 Å². The number of carbonyl (C=O) groups is 1. The third-order valence-corrected chi connectivity index (χ3v) is 2.34. The normalized spacial score (nSPS) is 9.89. The molecule has 1 aromatic heterocycles. The fourth-order valence-corrected chi connectivity index (χ4v) is 1.46. The van der Waals surface area contributed by atoms with E-state index in [1.165, 1.54) is 19.2 Å². The molecule has 1 heterocycles. The van der Waals surface area contributed by atoms with Crippen LogP contribution in [0.3, 0.4) is 0 Å². The molecule has 18 heavy (non-hydrogen) atoms. The molecular formula is C13H11FN2O2. The highest BCUT2D eigenvalue weighted by molar-refractivity contribution is 5.83. The molecule has 0 bridgehead atoms. The van der Waals surface area contributed by atoms with Crippen LogP contribution < -0.4 is 5.32 Å². The third kappa shape index (κ3) is 2.82. The Morgan fingerprint density at radius 3 is 2.72 bits per heavy atom. The van der Waals surface area contributed by atoms with Crippen LogP contribution in [0.5, 0.6) is 0 Å². The summed E-state index contributed by atoms with van der Waals surface area (Å²) in [6.45, 7) is 0. The van der Waals surface area contributed by atoms with Crippen molar-refractivity contribution in [2.45, 2.75) is 0 Å². The van der Waals surface area contributed by atoms with E-state index in [0.29, 0.717) is 5.82 Å². The van der Waals surface area contributed by atoms with Gasteiger partial charge in [0.15, 0.2) is 0 Å². The van der Waals surface area contributed by atoms with Crippen LogP contribution in [-0.2, 0) is 4.74 Å². The quantitative estimate of drug-likeness (QED) is 0.885. The van der Waals surface area contributed by atoms with Crippen molar-refractivity contribution in [3.8, 4) is 11.1 Å². The lowest BCUT2D eigenvalue weighted by Gasteiger charge is -2.04. The van der Waals surface area contributed by atoms with Gasteiger partial charge in [0.25, 0.3) is 0 Å². The van der Waals surface area contributed by atoms with Crippen molar-refractivity contribution in [3.63, 3.8) is 0 Å². The van der Waals surface area contributed by atoms with Gasteiger partial charge < -0.3 is 4.74 Å². The van der Waals surface area contributed by atoms with Gasteiger partial charge in [-0.1, -0.05) is 12.1 Å². The number of rotatable bonds is 2. The first-order chi connectivity index (χ1) is 8.69. The molecule has 0 aliphatic heterocycles. The largest absolute Gasteiger partial charge is 0.453 e. The summed E-state index contributed by atoms with van der Waals surface area (Å²) in [4.78, 5) is 15.0. The van der Waals surface area contributed by atoms with Gasteiger partial charge in [0.1, 0.15) is 11.6 Å². The molecule has 0 atom stereocenters. The lowest BCUT2D eigenvalue weighted by atomic mass is 10.1. The molecule has 0 unspecified atom stereocenters. The van der Waals surface area contributed by atoms with Gasteiger partial charge >= 0.3 is 6.09 Å². The van der Waals surface area contributed by atoms with Gasteiger partial charge in [-0.25, -0.2) is 14.2 Å². The summed E-state index contributed by atoms with van der Waals surface area (Å²) < 4.78 is 17.5. The zero-order valence-electron chi connectivity index (χ0n) is 9.68. The van der Waals surface area contributed by atoms with Crippen LogP contribution in [0.25, 0.3) is 11.1 Å². The zero-order valence-corrected chi connectivity index (χ0v) is 9.68. The van der Waals surface area contributed by atoms with Crippen LogP contribution in [0.2, 0.25) is 0 Å². The van der Waals surface area contributed by atoms with Crippen molar-refractivity contribution in [1.29, 1.82) is 0 Å². The Bertz CT molecular complexity index is 555. The first-order valence-electron chi connectivity index (χ1n) is 5.26. The molecule has 2 aromatic rings. The van der Waals surface area contributed by atoms with Crippen molar-refractivity contribution in [3.05, 3.63) is 48.4 Å². The number of hydrogen-bond acceptors (Lipinski definition) is 3. The van der Waals surface area contributed by atoms with Gasteiger partial charge in [0, 0.05) is 11.8 Å². The number of methoxy groups -OCH3 is 1. The van der Waals surface area contributed by atoms with Crippen molar-refractivity contribution in [2.75, 3.05) is 12.4 Å². The minimum atomic E-state index is -0.582. The van der Waals surface area contributed by atoms with E-state index in [-0.39, 0.29) is 5.82 Å². The number of nitrogens with one attached hydrogen (secondary N) is 1. The second kappa shape index (κ2) is 5.27. The van der Waals surface area contributed by atoms with Crippen LogP contribution in [-0.4, -0.2) is 18.2 Å². The van der Waals surface area contributed by atoms with Crippen molar-refractivity contribution in [1.82, 2.24) is 4.98 Å². The van der Waals surface area contributed by atoms with Gasteiger partial charge in [-0.2, -0.15) is 0 Å². The Morgan fingerprint density at radius 2 is 2.11 bits per heavy atom. The Balaban J connectivity index is 2.19. The van der Waals surface area contributed by atoms with E-state index in [1.807, 2.05) is 0 Å². The number of anilines is 1. The van der Waals surface area contributed by atoms with Crippen LogP contribution in [0.4, 0.5) is 15.0 Å². The van der Waals surface area contributed by atoms with E-state index in [2.05, 4.69) is 15.0 Å². The summed E-state index contributed by atoms with van der Waals surface area (Å²) >= 11 is 0. The summed E-state index contributed by atoms with van der Waals surface area (Å²) in [6.07, 6.45) is 0.973. The van der Waals surface area contributed by atoms with Gasteiger partial charge in [0.05, 0.1) is 7.11 Å². The fourth-order valence-electron chi connectivity index (χ4n) is 1.46. The predicted octanol–water partition coefficient (Wildman–Crippen LogP) is 3.07. The molecule has 0 aliphatic carbocycles. The highest BCUT2D eigenvalue weighted by atomic mass is 19.1. The number of amides is 1. The molecule has 0 spiro atoms. The molecule has 2 rings (SSSR count). The van der Waals surface area contributed by atoms with Crippen molar-refractivity contribution in [2.24, 2.45) is 0 Å². The van der Waals surface area contributed by atoms with E-state index in [1.54, 1.807) is 30.5 Å². The third-order valence-electron chi connectivity index (χ3n) is 2.34. The highest BCUT2D eigenvalue weighted by Gasteiger charge is 2.03. The maximum Gasteiger partial charge on any atom is 0.412 e. The van der Waals surface area contributed by atoms with Crippen LogP contribution in [0.15, 0.2) is 42.6 Å². The predicted molar refractivity (Wildman–Crippen MR) is 65.7 cm³/mol. The van der Waals surface area contributed by atoms with E-state index in [4.69, 9.17) is 0 Å². The molecule has 92 valence electrons. The first-order valence-corrected chi connectivity index (χ1v) is 5.26. The molecule has 1 amide bonds. The monoisotopic (exact) mass is 246 g/mol. The summed E-state index contributed by atoms with van der Waals surface area (Å²) in [7, 11) is 1.27. The summed E-state index contributed by atoms with van der Waals surface area (Å²) in [6, 6.07) is 9.58. The van der Waals surface area contributed by atoms with Gasteiger partial charge in [-0.3, -0.25) is 5.32 Å². The molecule has 5 heteroatoms. The van der Waals surface area contributed by atoms with Gasteiger partial charge in [0.2, 0.25) is 0 Å². The molecule has 0 saturated carbocycles. The second-order valence-electron chi connectivity index (χ2n) is 3.56. The minimum absolute atomic E-state index is 0.302. The molecule has 0 saturated heterocycles. The number of ether oxygens (including phenoxy) is 1. The number of carbonyl (C=O) groups excluding carboxylic acids is 1. The van der Waals surface area contributed by atoms with E-state index < -0.39 is 6.09 Å². The molecule has 0 aliphatic rings. The minimum Gasteiger partial charge on any atom is -0.453 e. The smallest absolute Gasteiger partial charge is 0.412 e. The lowest BCUT2D eigenvalue weighted by molar-refractivity contribution is 0.187. The van der Waals surface area contributed by atoms with Gasteiger partial charge in [-0.15, -0.1) is 0 Å². The topological polar surface area (TPSA) is 51.2 Å². The van der Waals surface area contributed by atoms with Crippen molar-refractivity contribution >= 4 is 11.9 Å². The average molecular weight is 246 g/mol. The van der Waals surface area contributed by atoms with Crippen LogP contribution in [0.1, 0.15) is 0 Å². The zero-order chi connectivity index (χ0) is 13.0. The summed E-state index contributed by atoms with van der Waals surface area (Å²) in [5, 5.41) is 2.44. The van der Waals surface area contributed by atoms with Crippen LogP contribution >= 0.6 is 0 Å². The Kier molecular flexibility index (Phi) is 3.52. The van der Waals surface area contributed by atoms with Crippen molar-refractivity contribution < 1.29 is 13.9 Å². The molecule has 0 radical (unpaired) electrons. The Hall–Kier alpha value is -2.43. The van der Waals surface area contributed by atoms with Crippen LogP contribution in [0, 0.1) is 5.82 Å². The maximum atomic E-state index is 13.1. The van der Waals surface area contributed by atoms with E-state index in [0.717, 1.165) is 11.1 Å². The molecule has 4 nitrogen and oxygen atoms in total. The Labute approximate surface area is 103 Å². The molecule has 0 fully saturated rings. The SMILES string of the molecule is COC(=O)Nc1ccc(-c2cccc(F)c2)cn1. The Morgan fingerprint density at radius 1 is 1.28 bits per heavy atom. The number of nitrogens with zero attached hydrogens (tertiary/aromatic N) is 1. The fraction of sp³-hybridized carbons (Fsp3) is 0.0769. The number of hydrogen-bond donors (Lipinski definition) is 1. The molecular weight excluding hydrogens is 235 g/mol. The average Bonchev–Trinajstić information content (AvgIpc) is 2.39. The molecule has 1 N–H and O–H groups in total. The first kappa shape index (κ1) is 12.0. The highest BCUT2D eigenvalue weighted by Crippen LogP contribution is 2.20.